The molecule has 0 fully saturated rings. The number of aliphatic imine (C=N–C) groups is 1. The van der Waals surface area contributed by atoms with E-state index in [1.165, 1.54) is 6.42 Å². The molecule has 0 saturated heterocycles. The predicted molar refractivity (Wildman–Crippen MR) is 81.3 cm³/mol. The Bertz CT molecular complexity index is 228. The minimum Gasteiger partial charge on any atom is -0.357 e. The largest absolute Gasteiger partial charge is 0.357 e. The first kappa shape index (κ1) is 17.2. The molecular weight excluding hydrogens is 224 g/mol. The molecule has 4 nitrogen and oxygen atoms in total. The zero-order chi connectivity index (χ0) is 14.0. The maximum atomic E-state index is 4.61. The standard InChI is InChI=1S/C14H32N4/c1-7-12(4)17-14(15-9-3)16-10-11-18(6)13(5)8-2/h12-13H,7-11H2,1-6H3,(H2,15,16,17). The minimum atomic E-state index is 0.468. The third-order valence-corrected chi connectivity index (χ3v) is 3.41. The van der Waals surface area contributed by atoms with Gasteiger partial charge in [0, 0.05) is 25.2 Å². The Morgan fingerprint density at radius 3 is 2.33 bits per heavy atom. The first-order chi connectivity index (χ1) is 8.54. The molecule has 0 aliphatic rings. The lowest BCUT2D eigenvalue weighted by atomic mass is 10.2. The van der Waals surface area contributed by atoms with Crippen molar-refractivity contribution in [3.05, 3.63) is 0 Å². The van der Waals surface area contributed by atoms with Crippen molar-refractivity contribution < 1.29 is 0 Å². The molecule has 2 unspecified atom stereocenters. The van der Waals surface area contributed by atoms with E-state index in [2.05, 4.69) is 62.2 Å². The SMILES string of the molecule is CCNC(=NCCN(C)C(C)CC)NC(C)CC. The molecule has 0 aliphatic heterocycles. The molecule has 2 N–H and O–H groups in total. The van der Waals surface area contributed by atoms with Gasteiger partial charge in [-0.25, -0.2) is 0 Å². The summed E-state index contributed by atoms with van der Waals surface area (Å²) in [5.74, 6) is 0.935. The number of nitrogens with zero attached hydrogens (tertiary/aromatic N) is 2. The molecule has 4 heteroatoms. The summed E-state index contributed by atoms with van der Waals surface area (Å²) in [4.78, 5) is 6.97. The van der Waals surface area contributed by atoms with Gasteiger partial charge in [0.15, 0.2) is 5.96 Å². The summed E-state index contributed by atoms with van der Waals surface area (Å²) in [5.41, 5.74) is 0. The average Bonchev–Trinajstić information content (AvgIpc) is 2.37. The van der Waals surface area contributed by atoms with Crippen LogP contribution in [0.15, 0.2) is 4.99 Å². The second kappa shape index (κ2) is 10.2. The van der Waals surface area contributed by atoms with Gasteiger partial charge < -0.3 is 15.5 Å². The molecule has 0 radical (unpaired) electrons. The van der Waals surface area contributed by atoms with E-state index in [0.717, 1.165) is 32.0 Å². The molecule has 18 heavy (non-hydrogen) atoms. The van der Waals surface area contributed by atoms with Crippen molar-refractivity contribution >= 4 is 5.96 Å². The van der Waals surface area contributed by atoms with Gasteiger partial charge in [0.25, 0.3) is 0 Å². The second-order valence-electron chi connectivity index (χ2n) is 4.95. The van der Waals surface area contributed by atoms with Gasteiger partial charge in [0.05, 0.1) is 6.54 Å². The lowest BCUT2D eigenvalue weighted by molar-refractivity contribution is 0.259. The molecule has 0 aromatic heterocycles. The highest BCUT2D eigenvalue weighted by Crippen LogP contribution is 1.98. The third kappa shape index (κ3) is 7.54. The van der Waals surface area contributed by atoms with Crippen LogP contribution in [-0.2, 0) is 0 Å². The third-order valence-electron chi connectivity index (χ3n) is 3.41. The molecule has 0 aromatic rings. The average molecular weight is 256 g/mol. The summed E-state index contributed by atoms with van der Waals surface area (Å²) in [6.07, 6.45) is 2.29. The molecule has 0 bridgehead atoms. The maximum Gasteiger partial charge on any atom is 0.191 e. The molecule has 0 heterocycles. The highest BCUT2D eigenvalue weighted by Gasteiger charge is 2.06. The van der Waals surface area contributed by atoms with Gasteiger partial charge in [-0.3, -0.25) is 4.99 Å². The minimum absolute atomic E-state index is 0.468. The van der Waals surface area contributed by atoms with Gasteiger partial charge in [0.1, 0.15) is 0 Å². The van der Waals surface area contributed by atoms with Crippen LogP contribution >= 0.6 is 0 Å². The van der Waals surface area contributed by atoms with Crippen molar-refractivity contribution in [2.75, 3.05) is 26.7 Å². The van der Waals surface area contributed by atoms with Crippen molar-refractivity contribution in [2.45, 2.75) is 59.5 Å². The molecule has 0 rings (SSSR count). The highest BCUT2D eigenvalue weighted by atomic mass is 15.2. The smallest absolute Gasteiger partial charge is 0.191 e. The number of hydrogen-bond acceptors (Lipinski definition) is 2. The summed E-state index contributed by atoms with van der Waals surface area (Å²) in [7, 11) is 2.17. The van der Waals surface area contributed by atoms with Gasteiger partial charge in [0.2, 0.25) is 0 Å². The number of nitrogens with one attached hydrogen (secondary N) is 2. The quantitative estimate of drug-likeness (QED) is 0.516. The topological polar surface area (TPSA) is 39.7 Å². The normalized spacial score (nSPS) is 15.6. The zero-order valence-corrected chi connectivity index (χ0v) is 13.1. The van der Waals surface area contributed by atoms with Crippen LogP contribution in [0, 0.1) is 0 Å². The first-order valence-electron chi connectivity index (χ1n) is 7.30. The molecule has 108 valence electrons. The van der Waals surface area contributed by atoms with Crippen LogP contribution in [0.25, 0.3) is 0 Å². The van der Waals surface area contributed by atoms with Crippen molar-refractivity contribution in [2.24, 2.45) is 4.99 Å². The van der Waals surface area contributed by atoms with E-state index < -0.39 is 0 Å². The van der Waals surface area contributed by atoms with Crippen LogP contribution in [-0.4, -0.2) is 49.6 Å². The molecule has 0 saturated carbocycles. The van der Waals surface area contributed by atoms with Gasteiger partial charge >= 0.3 is 0 Å². The number of rotatable bonds is 8. The molecule has 0 amide bonds. The summed E-state index contributed by atoms with van der Waals surface area (Å²) in [5, 5.41) is 6.69. The van der Waals surface area contributed by atoms with E-state index in [9.17, 15) is 0 Å². The number of hydrogen-bond donors (Lipinski definition) is 2. The summed E-state index contributed by atoms with van der Waals surface area (Å²) < 4.78 is 0. The van der Waals surface area contributed by atoms with E-state index in [1.807, 2.05) is 0 Å². The zero-order valence-electron chi connectivity index (χ0n) is 13.1. The van der Waals surface area contributed by atoms with E-state index in [1.54, 1.807) is 0 Å². The van der Waals surface area contributed by atoms with Crippen molar-refractivity contribution in [3.8, 4) is 0 Å². The molecule has 0 aliphatic carbocycles. The lowest BCUT2D eigenvalue weighted by Gasteiger charge is -2.23. The Morgan fingerprint density at radius 2 is 1.83 bits per heavy atom. The Labute approximate surface area is 113 Å². The Hall–Kier alpha value is -0.770. The molecular formula is C14H32N4. The van der Waals surface area contributed by atoms with Gasteiger partial charge in [-0.1, -0.05) is 13.8 Å². The Kier molecular flexibility index (Phi) is 9.74. The summed E-state index contributed by atoms with van der Waals surface area (Å²) in [6.45, 7) is 13.7. The van der Waals surface area contributed by atoms with Gasteiger partial charge in [-0.05, 0) is 40.7 Å². The fraction of sp³-hybridized carbons (Fsp3) is 0.929. The van der Waals surface area contributed by atoms with Crippen LogP contribution in [0.2, 0.25) is 0 Å². The van der Waals surface area contributed by atoms with Crippen molar-refractivity contribution in [3.63, 3.8) is 0 Å². The fourth-order valence-corrected chi connectivity index (χ4v) is 1.51. The second-order valence-corrected chi connectivity index (χ2v) is 4.95. The van der Waals surface area contributed by atoms with Crippen LogP contribution in [0.3, 0.4) is 0 Å². The van der Waals surface area contributed by atoms with E-state index in [4.69, 9.17) is 0 Å². The van der Waals surface area contributed by atoms with Crippen molar-refractivity contribution in [1.82, 2.24) is 15.5 Å². The van der Waals surface area contributed by atoms with E-state index in [-0.39, 0.29) is 0 Å². The lowest BCUT2D eigenvalue weighted by Crippen LogP contribution is -2.42. The summed E-state index contributed by atoms with van der Waals surface area (Å²) >= 11 is 0. The van der Waals surface area contributed by atoms with Gasteiger partial charge in [-0.15, -0.1) is 0 Å². The summed E-state index contributed by atoms with van der Waals surface area (Å²) in [6, 6.07) is 1.10. The van der Waals surface area contributed by atoms with Crippen LogP contribution in [0.1, 0.15) is 47.5 Å². The Balaban J connectivity index is 4.14. The number of guanidine groups is 1. The Morgan fingerprint density at radius 1 is 1.17 bits per heavy atom. The fourth-order valence-electron chi connectivity index (χ4n) is 1.51. The van der Waals surface area contributed by atoms with Crippen LogP contribution in [0.5, 0.6) is 0 Å². The maximum absolute atomic E-state index is 4.61. The van der Waals surface area contributed by atoms with Crippen LogP contribution < -0.4 is 10.6 Å². The monoisotopic (exact) mass is 256 g/mol. The highest BCUT2D eigenvalue weighted by molar-refractivity contribution is 5.80. The first-order valence-corrected chi connectivity index (χ1v) is 7.30. The van der Waals surface area contributed by atoms with E-state index in [0.29, 0.717) is 12.1 Å². The molecule has 0 aromatic carbocycles. The van der Waals surface area contributed by atoms with E-state index >= 15 is 0 Å². The molecule has 2 atom stereocenters. The van der Waals surface area contributed by atoms with Gasteiger partial charge in [-0.2, -0.15) is 0 Å². The van der Waals surface area contributed by atoms with Crippen molar-refractivity contribution in [1.29, 1.82) is 0 Å². The molecule has 0 spiro atoms. The predicted octanol–water partition coefficient (Wildman–Crippen LogP) is 2.07. The number of likely N-dealkylation sites (N-methyl/N-ethyl adjacent to an activating group) is 1. The van der Waals surface area contributed by atoms with Crippen LogP contribution in [0.4, 0.5) is 0 Å².